The molecular formula is C16H25NO. The maximum Gasteiger partial charge on any atom is 0.0556 e. The van der Waals surface area contributed by atoms with Crippen molar-refractivity contribution in [2.75, 3.05) is 13.2 Å². The van der Waals surface area contributed by atoms with Crippen molar-refractivity contribution < 1.29 is 5.11 Å². The lowest BCUT2D eigenvalue weighted by atomic mass is 9.81. The van der Waals surface area contributed by atoms with E-state index in [4.69, 9.17) is 5.11 Å². The van der Waals surface area contributed by atoms with Crippen molar-refractivity contribution in [1.82, 2.24) is 5.32 Å². The van der Waals surface area contributed by atoms with Crippen molar-refractivity contribution >= 4 is 0 Å². The second-order valence-corrected chi connectivity index (χ2v) is 5.37. The molecule has 1 aliphatic carbocycles. The molecule has 1 atom stereocenters. The Hall–Kier alpha value is -0.860. The van der Waals surface area contributed by atoms with Gasteiger partial charge in [0.15, 0.2) is 0 Å². The van der Waals surface area contributed by atoms with Crippen molar-refractivity contribution in [3.05, 3.63) is 35.9 Å². The summed E-state index contributed by atoms with van der Waals surface area (Å²) >= 11 is 0. The van der Waals surface area contributed by atoms with Gasteiger partial charge in [0.1, 0.15) is 0 Å². The SMILES string of the molecule is OCCNC(Cc1ccccc1)C1CCCCC1. The average Bonchev–Trinajstić information content (AvgIpc) is 2.45. The molecule has 0 aromatic heterocycles. The Morgan fingerprint density at radius 1 is 1.11 bits per heavy atom. The minimum absolute atomic E-state index is 0.234. The highest BCUT2D eigenvalue weighted by Crippen LogP contribution is 2.28. The van der Waals surface area contributed by atoms with Gasteiger partial charge in [-0.2, -0.15) is 0 Å². The number of benzene rings is 1. The number of hydrogen-bond acceptors (Lipinski definition) is 2. The highest BCUT2D eigenvalue weighted by Gasteiger charge is 2.23. The summed E-state index contributed by atoms with van der Waals surface area (Å²) in [5.41, 5.74) is 1.40. The molecule has 0 amide bonds. The molecule has 1 fully saturated rings. The molecule has 0 radical (unpaired) electrons. The van der Waals surface area contributed by atoms with Gasteiger partial charge in [0.2, 0.25) is 0 Å². The monoisotopic (exact) mass is 247 g/mol. The van der Waals surface area contributed by atoms with E-state index in [-0.39, 0.29) is 6.61 Å². The van der Waals surface area contributed by atoms with E-state index in [9.17, 15) is 0 Å². The van der Waals surface area contributed by atoms with Crippen molar-refractivity contribution in [2.45, 2.75) is 44.6 Å². The topological polar surface area (TPSA) is 32.3 Å². The highest BCUT2D eigenvalue weighted by atomic mass is 16.3. The molecule has 1 unspecified atom stereocenters. The van der Waals surface area contributed by atoms with Gasteiger partial charge in [0.25, 0.3) is 0 Å². The summed E-state index contributed by atoms with van der Waals surface area (Å²) in [5.74, 6) is 0.783. The number of nitrogens with one attached hydrogen (secondary N) is 1. The predicted molar refractivity (Wildman–Crippen MR) is 75.6 cm³/mol. The molecule has 1 aliphatic rings. The van der Waals surface area contributed by atoms with Gasteiger partial charge in [-0.3, -0.25) is 0 Å². The first-order valence-corrected chi connectivity index (χ1v) is 7.28. The summed E-state index contributed by atoms with van der Waals surface area (Å²) in [4.78, 5) is 0. The molecular weight excluding hydrogens is 222 g/mol. The molecule has 2 N–H and O–H groups in total. The van der Waals surface area contributed by atoms with Gasteiger partial charge >= 0.3 is 0 Å². The van der Waals surface area contributed by atoms with Gasteiger partial charge in [0, 0.05) is 12.6 Å². The van der Waals surface area contributed by atoms with Crippen LogP contribution in [-0.2, 0) is 6.42 Å². The van der Waals surface area contributed by atoms with Crippen LogP contribution in [0, 0.1) is 5.92 Å². The molecule has 2 rings (SSSR count). The van der Waals surface area contributed by atoms with Gasteiger partial charge in [-0.05, 0) is 30.7 Å². The van der Waals surface area contributed by atoms with Gasteiger partial charge in [-0.25, -0.2) is 0 Å². The first-order valence-electron chi connectivity index (χ1n) is 7.28. The summed E-state index contributed by atoms with van der Waals surface area (Å²) < 4.78 is 0. The Bertz CT molecular complexity index is 319. The maximum absolute atomic E-state index is 9.02. The van der Waals surface area contributed by atoms with Crippen molar-refractivity contribution in [1.29, 1.82) is 0 Å². The second kappa shape index (κ2) is 7.55. The number of hydrogen-bond donors (Lipinski definition) is 2. The Morgan fingerprint density at radius 2 is 1.83 bits per heavy atom. The average molecular weight is 247 g/mol. The third-order valence-corrected chi connectivity index (χ3v) is 4.04. The van der Waals surface area contributed by atoms with Crippen LogP contribution in [0.1, 0.15) is 37.7 Å². The van der Waals surface area contributed by atoms with E-state index in [0.29, 0.717) is 12.6 Å². The lowest BCUT2D eigenvalue weighted by Crippen LogP contribution is -2.40. The standard InChI is InChI=1S/C16H25NO/c18-12-11-17-16(15-9-5-2-6-10-15)13-14-7-3-1-4-8-14/h1,3-4,7-8,15-18H,2,5-6,9-13H2. The lowest BCUT2D eigenvalue weighted by molar-refractivity contribution is 0.237. The summed E-state index contributed by atoms with van der Waals surface area (Å²) in [7, 11) is 0. The van der Waals surface area contributed by atoms with Crippen molar-refractivity contribution in [3.8, 4) is 0 Å². The van der Waals surface area contributed by atoms with Crippen LogP contribution < -0.4 is 5.32 Å². The fraction of sp³-hybridized carbons (Fsp3) is 0.625. The van der Waals surface area contributed by atoms with Gasteiger partial charge in [-0.1, -0.05) is 49.6 Å². The normalized spacial score (nSPS) is 18.7. The van der Waals surface area contributed by atoms with Crippen LogP contribution >= 0.6 is 0 Å². The molecule has 1 saturated carbocycles. The maximum atomic E-state index is 9.02. The predicted octanol–water partition coefficient (Wildman–Crippen LogP) is 2.76. The molecule has 0 saturated heterocycles. The molecule has 0 aliphatic heterocycles. The summed E-state index contributed by atoms with van der Waals surface area (Å²) in [6.07, 6.45) is 7.92. The first-order chi connectivity index (χ1) is 8.90. The van der Waals surface area contributed by atoms with Crippen LogP contribution in [0.25, 0.3) is 0 Å². The van der Waals surface area contributed by atoms with Crippen molar-refractivity contribution in [3.63, 3.8) is 0 Å². The first kappa shape index (κ1) is 13.6. The molecule has 0 spiro atoms. The largest absolute Gasteiger partial charge is 0.395 e. The smallest absolute Gasteiger partial charge is 0.0556 e. The van der Waals surface area contributed by atoms with E-state index in [2.05, 4.69) is 35.6 Å². The third kappa shape index (κ3) is 4.11. The van der Waals surface area contributed by atoms with Gasteiger partial charge < -0.3 is 10.4 Å². The van der Waals surface area contributed by atoms with E-state index >= 15 is 0 Å². The summed E-state index contributed by atoms with van der Waals surface area (Å²) in [6.45, 7) is 0.950. The van der Waals surface area contributed by atoms with Gasteiger partial charge in [-0.15, -0.1) is 0 Å². The quantitative estimate of drug-likeness (QED) is 0.810. The Kier molecular flexibility index (Phi) is 5.69. The van der Waals surface area contributed by atoms with Crippen LogP contribution in [0.4, 0.5) is 0 Å². The fourth-order valence-corrected chi connectivity index (χ4v) is 3.06. The van der Waals surface area contributed by atoms with Crippen molar-refractivity contribution in [2.24, 2.45) is 5.92 Å². The molecule has 0 heterocycles. The molecule has 100 valence electrons. The number of aliphatic hydroxyl groups is 1. The van der Waals surface area contributed by atoms with E-state index < -0.39 is 0 Å². The summed E-state index contributed by atoms with van der Waals surface area (Å²) in [6, 6.07) is 11.2. The van der Waals surface area contributed by atoms with Gasteiger partial charge in [0.05, 0.1) is 6.61 Å². The van der Waals surface area contributed by atoms with Crippen LogP contribution in [-0.4, -0.2) is 24.3 Å². The third-order valence-electron chi connectivity index (χ3n) is 4.04. The molecule has 18 heavy (non-hydrogen) atoms. The minimum Gasteiger partial charge on any atom is -0.395 e. The van der Waals surface area contributed by atoms with E-state index in [1.165, 1.54) is 37.7 Å². The molecule has 2 nitrogen and oxygen atoms in total. The second-order valence-electron chi connectivity index (χ2n) is 5.37. The van der Waals surface area contributed by atoms with Crippen LogP contribution in [0.15, 0.2) is 30.3 Å². The Labute approximate surface area is 110 Å². The molecule has 1 aromatic carbocycles. The van der Waals surface area contributed by atoms with E-state index in [0.717, 1.165) is 12.3 Å². The van der Waals surface area contributed by atoms with Crippen LogP contribution in [0.5, 0.6) is 0 Å². The number of aliphatic hydroxyl groups excluding tert-OH is 1. The van der Waals surface area contributed by atoms with Crippen LogP contribution in [0.3, 0.4) is 0 Å². The molecule has 0 bridgehead atoms. The zero-order valence-corrected chi connectivity index (χ0v) is 11.1. The Morgan fingerprint density at radius 3 is 2.50 bits per heavy atom. The summed E-state index contributed by atoms with van der Waals surface area (Å²) in [5, 5.41) is 12.6. The lowest BCUT2D eigenvalue weighted by Gasteiger charge is -2.31. The fourth-order valence-electron chi connectivity index (χ4n) is 3.06. The number of rotatable bonds is 6. The van der Waals surface area contributed by atoms with Crippen LogP contribution in [0.2, 0.25) is 0 Å². The van der Waals surface area contributed by atoms with E-state index in [1.54, 1.807) is 0 Å². The molecule has 1 aromatic rings. The zero-order chi connectivity index (χ0) is 12.6. The van der Waals surface area contributed by atoms with E-state index in [1.807, 2.05) is 0 Å². The zero-order valence-electron chi connectivity index (χ0n) is 11.1. The minimum atomic E-state index is 0.234. The molecule has 2 heteroatoms. The highest BCUT2D eigenvalue weighted by molar-refractivity contribution is 5.16. The Balaban J connectivity index is 1.95.